The highest BCUT2D eigenvalue weighted by Crippen LogP contribution is 2.26. The fraction of sp³-hybridized carbons (Fsp3) is 0.0400. The van der Waals surface area contributed by atoms with Crippen LogP contribution in [0.25, 0.3) is 0 Å². The van der Waals surface area contributed by atoms with E-state index in [-0.39, 0.29) is 6.17 Å². The molecule has 0 aliphatic rings. The first-order valence-corrected chi connectivity index (χ1v) is 9.43. The van der Waals surface area contributed by atoms with Gasteiger partial charge in [-0.3, -0.25) is 5.01 Å². The number of anilines is 3. The molecular formula is C25H23N3. The Labute approximate surface area is 166 Å². The summed E-state index contributed by atoms with van der Waals surface area (Å²) >= 11 is 0. The Morgan fingerprint density at radius 2 is 0.929 bits per heavy atom. The van der Waals surface area contributed by atoms with Gasteiger partial charge in [-0.25, -0.2) is 5.43 Å². The summed E-state index contributed by atoms with van der Waals surface area (Å²) in [6.45, 7) is 0. The number of hydrogen-bond donors (Lipinski definition) is 2. The van der Waals surface area contributed by atoms with E-state index in [0.29, 0.717) is 0 Å². The van der Waals surface area contributed by atoms with E-state index in [2.05, 4.69) is 101 Å². The summed E-state index contributed by atoms with van der Waals surface area (Å²) in [6.07, 6.45) is -0.107. The average Bonchev–Trinajstić information content (AvgIpc) is 2.79. The number of rotatable bonds is 7. The monoisotopic (exact) mass is 365 g/mol. The third-order valence-corrected chi connectivity index (χ3v) is 4.50. The van der Waals surface area contributed by atoms with Crippen molar-refractivity contribution in [1.29, 1.82) is 0 Å². The zero-order valence-electron chi connectivity index (χ0n) is 15.6. The van der Waals surface area contributed by atoms with Gasteiger partial charge in [-0.05, 0) is 42.0 Å². The van der Waals surface area contributed by atoms with Crippen LogP contribution in [0.3, 0.4) is 0 Å². The average molecular weight is 365 g/mol. The van der Waals surface area contributed by atoms with Gasteiger partial charge in [0.05, 0.1) is 11.4 Å². The highest BCUT2D eigenvalue weighted by atomic mass is 15.5. The first-order valence-electron chi connectivity index (χ1n) is 9.43. The molecule has 3 heteroatoms. The molecule has 0 heterocycles. The van der Waals surface area contributed by atoms with Crippen molar-refractivity contribution in [3.8, 4) is 0 Å². The smallest absolute Gasteiger partial charge is 0.121 e. The summed E-state index contributed by atoms with van der Waals surface area (Å²) in [5.41, 5.74) is 8.04. The molecule has 28 heavy (non-hydrogen) atoms. The fourth-order valence-corrected chi connectivity index (χ4v) is 3.12. The first kappa shape index (κ1) is 17.8. The predicted molar refractivity (Wildman–Crippen MR) is 117 cm³/mol. The van der Waals surface area contributed by atoms with Crippen molar-refractivity contribution in [3.63, 3.8) is 0 Å². The molecule has 2 N–H and O–H groups in total. The summed E-state index contributed by atoms with van der Waals surface area (Å²) in [7, 11) is 0. The van der Waals surface area contributed by atoms with Crippen molar-refractivity contribution >= 4 is 17.1 Å². The normalized spacial score (nSPS) is 11.6. The van der Waals surface area contributed by atoms with Gasteiger partial charge in [-0.2, -0.15) is 0 Å². The first-order chi connectivity index (χ1) is 13.9. The van der Waals surface area contributed by atoms with E-state index in [1.807, 2.05) is 36.4 Å². The topological polar surface area (TPSA) is 27.3 Å². The maximum atomic E-state index is 3.67. The zero-order valence-corrected chi connectivity index (χ0v) is 15.6. The molecule has 3 nitrogen and oxygen atoms in total. The van der Waals surface area contributed by atoms with E-state index in [4.69, 9.17) is 0 Å². The molecule has 138 valence electrons. The van der Waals surface area contributed by atoms with Crippen LogP contribution in [0, 0.1) is 0 Å². The zero-order chi connectivity index (χ0) is 19.0. The van der Waals surface area contributed by atoms with Gasteiger partial charge in [-0.1, -0.05) is 84.9 Å². The van der Waals surface area contributed by atoms with Crippen LogP contribution in [0.15, 0.2) is 121 Å². The number of hydrazine groups is 1. The standard InChI is InChI=1S/C25H23N3/c1-5-13-21(14-6-1)25(26-22-15-7-2-8-16-22)27-28(23-17-9-3-10-18-23)24-19-11-4-12-20-24/h1-20,25-27H/t25-/m0/s1. The number of nitrogens with zero attached hydrogens (tertiary/aromatic N) is 1. The van der Waals surface area contributed by atoms with Crippen LogP contribution < -0.4 is 15.8 Å². The highest BCUT2D eigenvalue weighted by Gasteiger charge is 2.17. The Morgan fingerprint density at radius 3 is 1.43 bits per heavy atom. The van der Waals surface area contributed by atoms with Crippen LogP contribution in [-0.4, -0.2) is 0 Å². The SMILES string of the molecule is c1ccc(N[C@@H](NN(c2ccccc2)c2ccccc2)c2ccccc2)cc1. The minimum absolute atomic E-state index is 0.107. The lowest BCUT2D eigenvalue weighted by Crippen LogP contribution is -2.40. The minimum Gasteiger partial charge on any atom is -0.365 e. The largest absolute Gasteiger partial charge is 0.365 e. The van der Waals surface area contributed by atoms with Crippen molar-refractivity contribution in [2.24, 2.45) is 0 Å². The molecule has 0 bridgehead atoms. The molecule has 0 spiro atoms. The van der Waals surface area contributed by atoms with E-state index in [9.17, 15) is 0 Å². The second kappa shape index (κ2) is 8.89. The third kappa shape index (κ3) is 4.40. The molecule has 0 fully saturated rings. The summed E-state index contributed by atoms with van der Waals surface area (Å²) in [5.74, 6) is 0. The Balaban J connectivity index is 1.70. The molecule has 0 saturated heterocycles. The molecule has 0 saturated carbocycles. The van der Waals surface area contributed by atoms with Gasteiger partial charge in [0, 0.05) is 5.69 Å². The maximum Gasteiger partial charge on any atom is 0.121 e. The van der Waals surface area contributed by atoms with Gasteiger partial charge >= 0.3 is 0 Å². The second-order valence-electron chi connectivity index (χ2n) is 6.49. The summed E-state index contributed by atoms with van der Waals surface area (Å²) < 4.78 is 0. The lowest BCUT2D eigenvalue weighted by atomic mass is 10.1. The number of benzene rings is 4. The van der Waals surface area contributed by atoms with Gasteiger partial charge in [0.15, 0.2) is 0 Å². The molecular weight excluding hydrogens is 342 g/mol. The van der Waals surface area contributed by atoms with Crippen molar-refractivity contribution in [1.82, 2.24) is 5.43 Å². The van der Waals surface area contributed by atoms with Gasteiger partial charge in [0.25, 0.3) is 0 Å². The lowest BCUT2D eigenvalue weighted by molar-refractivity contribution is 0.598. The van der Waals surface area contributed by atoms with Crippen molar-refractivity contribution in [3.05, 3.63) is 127 Å². The molecule has 0 aliphatic carbocycles. The molecule has 0 aliphatic heterocycles. The maximum absolute atomic E-state index is 3.67. The molecule has 0 unspecified atom stereocenters. The van der Waals surface area contributed by atoms with Gasteiger partial charge in [-0.15, -0.1) is 0 Å². The van der Waals surface area contributed by atoms with Gasteiger partial charge in [0.2, 0.25) is 0 Å². The van der Waals surface area contributed by atoms with E-state index >= 15 is 0 Å². The summed E-state index contributed by atoms with van der Waals surface area (Å²) in [5, 5.41) is 5.73. The summed E-state index contributed by atoms with van der Waals surface area (Å²) in [4.78, 5) is 0. The van der Waals surface area contributed by atoms with E-state index in [1.54, 1.807) is 0 Å². The van der Waals surface area contributed by atoms with Crippen LogP contribution >= 0.6 is 0 Å². The van der Waals surface area contributed by atoms with Crippen molar-refractivity contribution < 1.29 is 0 Å². The molecule has 4 aromatic rings. The van der Waals surface area contributed by atoms with Crippen LogP contribution in [0.1, 0.15) is 11.7 Å². The summed E-state index contributed by atoms with van der Waals surface area (Å²) in [6, 6.07) is 41.3. The van der Waals surface area contributed by atoms with Gasteiger partial charge in [0.1, 0.15) is 6.17 Å². The van der Waals surface area contributed by atoms with Crippen LogP contribution in [-0.2, 0) is 0 Å². The number of nitrogens with one attached hydrogen (secondary N) is 2. The fourth-order valence-electron chi connectivity index (χ4n) is 3.12. The lowest BCUT2D eigenvalue weighted by Gasteiger charge is -2.32. The molecule has 1 atom stereocenters. The molecule has 0 aromatic heterocycles. The van der Waals surface area contributed by atoms with Crippen LogP contribution in [0.2, 0.25) is 0 Å². The quantitative estimate of drug-likeness (QED) is 0.304. The Kier molecular flexibility index (Phi) is 5.66. The minimum atomic E-state index is -0.107. The Bertz CT molecular complexity index is 918. The molecule has 0 radical (unpaired) electrons. The highest BCUT2D eigenvalue weighted by molar-refractivity contribution is 5.62. The third-order valence-electron chi connectivity index (χ3n) is 4.50. The number of hydrogen-bond acceptors (Lipinski definition) is 3. The van der Waals surface area contributed by atoms with E-state index in [0.717, 1.165) is 22.6 Å². The Hall–Kier alpha value is -3.56. The Morgan fingerprint density at radius 1 is 0.500 bits per heavy atom. The van der Waals surface area contributed by atoms with Crippen molar-refractivity contribution in [2.45, 2.75) is 6.17 Å². The van der Waals surface area contributed by atoms with Gasteiger partial charge < -0.3 is 5.32 Å². The molecule has 0 amide bonds. The second-order valence-corrected chi connectivity index (χ2v) is 6.49. The van der Waals surface area contributed by atoms with Crippen molar-refractivity contribution in [2.75, 3.05) is 10.3 Å². The predicted octanol–water partition coefficient (Wildman–Crippen LogP) is 6.14. The van der Waals surface area contributed by atoms with Crippen LogP contribution in [0.4, 0.5) is 17.1 Å². The number of para-hydroxylation sites is 3. The van der Waals surface area contributed by atoms with E-state index < -0.39 is 0 Å². The van der Waals surface area contributed by atoms with E-state index in [1.165, 1.54) is 0 Å². The molecule has 4 rings (SSSR count). The van der Waals surface area contributed by atoms with Crippen LogP contribution in [0.5, 0.6) is 0 Å². The molecule has 4 aromatic carbocycles.